The van der Waals surface area contributed by atoms with Crippen LogP contribution in [0.2, 0.25) is 0 Å². The maximum atomic E-state index is 12.8. The molecule has 0 spiro atoms. The van der Waals surface area contributed by atoms with Crippen molar-refractivity contribution in [3.05, 3.63) is 41.5 Å². The number of carbonyl (C=O) groups excluding carboxylic acids is 2. The molecule has 162 valence electrons. The molecule has 8 nitrogen and oxygen atoms in total. The van der Waals surface area contributed by atoms with E-state index in [0.29, 0.717) is 37.1 Å². The van der Waals surface area contributed by atoms with E-state index in [1.54, 1.807) is 0 Å². The van der Waals surface area contributed by atoms with Gasteiger partial charge in [-0.2, -0.15) is 0 Å². The third-order valence-corrected chi connectivity index (χ3v) is 3.93. The van der Waals surface area contributed by atoms with Crippen molar-refractivity contribution in [1.29, 1.82) is 0 Å². The van der Waals surface area contributed by atoms with Crippen molar-refractivity contribution < 1.29 is 38.0 Å². The third kappa shape index (κ3) is 5.34. The molecule has 2 aromatic carbocycles. The van der Waals surface area contributed by atoms with Crippen molar-refractivity contribution >= 4 is 11.9 Å². The lowest BCUT2D eigenvalue weighted by Crippen LogP contribution is -2.12. The largest absolute Gasteiger partial charge is 0.493 e. The molecule has 0 bridgehead atoms. The van der Waals surface area contributed by atoms with Gasteiger partial charge in [0.15, 0.2) is 23.0 Å². The first-order chi connectivity index (χ1) is 14.5. The number of ether oxygens (including phenoxy) is 6. The summed E-state index contributed by atoms with van der Waals surface area (Å²) in [4.78, 5) is 24.5. The van der Waals surface area contributed by atoms with E-state index in [1.165, 1.54) is 44.6 Å². The fraction of sp³-hybridized carbons (Fsp3) is 0.364. The van der Waals surface area contributed by atoms with Crippen molar-refractivity contribution in [3.8, 4) is 28.7 Å². The predicted octanol–water partition coefficient (Wildman–Crippen LogP) is 3.90. The summed E-state index contributed by atoms with van der Waals surface area (Å²) >= 11 is 0. The lowest BCUT2D eigenvalue weighted by molar-refractivity contribution is 0.0600. The molecule has 0 aromatic heterocycles. The van der Waals surface area contributed by atoms with Crippen molar-refractivity contribution in [2.24, 2.45) is 0 Å². The van der Waals surface area contributed by atoms with Gasteiger partial charge in [-0.05, 0) is 51.1 Å². The minimum atomic E-state index is -0.649. The average molecular weight is 418 g/mol. The second kappa shape index (κ2) is 10.9. The molecule has 0 unspecified atom stereocenters. The number of hydrogen-bond donors (Lipinski definition) is 0. The number of carbonyl (C=O) groups is 2. The lowest BCUT2D eigenvalue weighted by Gasteiger charge is -2.17. The zero-order valence-corrected chi connectivity index (χ0v) is 17.8. The molecule has 0 aliphatic heterocycles. The van der Waals surface area contributed by atoms with E-state index in [4.69, 9.17) is 23.7 Å². The Morgan fingerprint density at radius 2 is 1.27 bits per heavy atom. The highest BCUT2D eigenvalue weighted by Crippen LogP contribution is 2.39. The quantitative estimate of drug-likeness (QED) is 0.424. The summed E-state index contributed by atoms with van der Waals surface area (Å²) in [5.41, 5.74) is 0.483. The zero-order valence-electron chi connectivity index (χ0n) is 17.8. The monoisotopic (exact) mass is 418 g/mol. The topological polar surface area (TPSA) is 89.5 Å². The van der Waals surface area contributed by atoms with E-state index in [2.05, 4.69) is 4.74 Å². The van der Waals surface area contributed by atoms with Gasteiger partial charge in [-0.1, -0.05) is 0 Å². The summed E-state index contributed by atoms with van der Waals surface area (Å²) in [6.07, 6.45) is 0. The maximum Gasteiger partial charge on any atom is 0.343 e. The molecule has 0 aliphatic rings. The highest BCUT2D eigenvalue weighted by Gasteiger charge is 2.21. The maximum absolute atomic E-state index is 12.8. The fourth-order valence-corrected chi connectivity index (χ4v) is 2.66. The predicted molar refractivity (Wildman–Crippen MR) is 109 cm³/mol. The summed E-state index contributed by atoms with van der Waals surface area (Å²) < 4.78 is 32.3. The van der Waals surface area contributed by atoms with Crippen LogP contribution in [-0.2, 0) is 4.74 Å². The summed E-state index contributed by atoms with van der Waals surface area (Å²) in [6.45, 7) is 6.68. The number of hydrogen-bond acceptors (Lipinski definition) is 8. The Bertz CT molecular complexity index is 864. The number of rotatable bonds is 10. The van der Waals surface area contributed by atoms with Crippen LogP contribution in [0.25, 0.3) is 0 Å². The van der Waals surface area contributed by atoms with Gasteiger partial charge in [0.2, 0.25) is 5.75 Å². The minimum Gasteiger partial charge on any atom is -0.493 e. The van der Waals surface area contributed by atoms with Gasteiger partial charge in [0, 0.05) is 0 Å². The Morgan fingerprint density at radius 3 is 1.77 bits per heavy atom. The van der Waals surface area contributed by atoms with Crippen LogP contribution in [-0.4, -0.2) is 46.0 Å². The molecule has 0 fully saturated rings. The summed E-state index contributed by atoms with van der Waals surface area (Å²) in [5.74, 6) is 0.380. The van der Waals surface area contributed by atoms with Crippen LogP contribution in [0.1, 0.15) is 41.5 Å². The van der Waals surface area contributed by atoms with Gasteiger partial charge in [0.05, 0.1) is 45.2 Å². The lowest BCUT2D eigenvalue weighted by atomic mass is 10.1. The van der Waals surface area contributed by atoms with Gasteiger partial charge in [-0.25, -0.2) is 9.59 Å². The summed E-state index contributed by atoms with van der Waals surface area (Å²) in [6, 6.07) is 7.45. The van der Waals surface area contributed by atoms with Crippen LogP contribution >= 0.6 is 0 Å². The fourth-order valence-electron chi connectivity index (χ4n) is 2.66. The molecule has 2 aromatic rings. The molecule has 0 N–H and O–H groups in total. The molecule has 2 rings (SSSR count). The van der Waals surface area contributed by atoms with E-state index in [-0.39, 0.29) is 22.6 Å². The highest BCUT2D eigenvalue weighted by atomic mass is 16.6. The van der Waals surface area contributed by atoms with E-state index in [1.807, 2.05) is 20.8 Å². The van der Waals surface area contributed by atoms with Gasteiger partial charge in [-0.15, -0.1) is 0 Å². The molecular formula is C22H26O8. The second-order valence-electron chi connectivity index (χ2n) is 5.85. The van der Waals surface area contributed by atoms with Crippen LogP contribution in [0.4, 0.5) is 0 Å². The Balaban J connectivity index is 2.39. The first-order valence-electron chi connectivity index (χ1n) is 9.53. The van der Waals surface area contributed by atoms with Crippen LogP contribution < -0.4 is 23.7 Å². The highest BCUT2D eigenvalue weighted by molar-refractivity contribution is 5.94. The molecule has 0 atom stereocenters. The second-order valence-corrected chi connectivity index (χ2v) is 5.85. The SMILES string of the molecule is CCOc1cc(C(=O)Oc2ccc(C(=O)OC)cc2OC)cc(OCC)c1OCC. The van der Waals surface area contributed by atoms with E-state index in [9.17, 15) is 9.59 Å². The van der Waals surface area contributed by atoms with Crippen molar-refractivity contribution in [2.75, 3.05) is 34.0 Å². The van der Waals surface area contributed by atoms with Crippen LogP contribution in [0.3, 0.4) is 0 Å². The average Bonchev–Trinajstić information content (AvgIpc) is 2.75. The van der Waals surface area contributed by atoms with Gasteiger partial charge < -0.3 is 28.4 Å². The standard InChI is InChI=1S/C22H26O8/c1-6-27-18-12-15(13-19(28-7-2)20(18)29-8-3)22(24)30-16-10-9-14(21(23)26-5)11-17(16)25-4/h9-13H,6-8H2,1-5H3. The molecule has 0 amide bonds. The van der Waals surface area contributed by atoms with Gasteiger partial charge in [0.1, 0.15) is 0 Å². The van der Waals surface area contributed by atoms with E-state index >= 15 is 0 Å². The smallest absolute Gasteiger partial charge is 0.343 e. The molecule has 0 aliphatic carbocycles. The van der Waals surface area contributed by atoms with E-state index in [0.717, 1.165) is 0 Å². The number of esters is 2. The van der Waals surface area contributed by atoms with Crippen molar-refractivity contribution in [2.45, 2.75) is 20.8 Å². The molecule has 0 radical (unpaired) electrons. The molecule has 0 saturated carbocycles. The summed E-state index contributed by atoms with van der Waals surface area (Å²) in [7, 11) is 2.69. The molecule has 8 heteroatoms. The zero-order chi connectivity index (χ0) is 22.1. The summed E-state index contributed by atoms with van der Waals surface area (Å²) in [5, 5.41) is 0. The van der Waals surface area contributed by atoms with Crippen LogP contribution in [0.15, 0.2) is 30.3 Å². The van der Waals surface area contributed by atoms with E-state index < -0.39 is 11.9 Å². The normalized spacial score (nSPS) is 10.2. The number of methoxy groups -OCH3 is 2. The molecule has 0 saturated heterocycles. The molecule has 30 heavy (non-hydrogen) atoms. The van der Waals surface area contributed by atoms with Gasteiger partial charge in [0.25, 0.3) is 0 Å². The van der Waals surface area contributed by atoms with Crippen LogP contribution in [0.5, 0.6) is 28.7 Å². The van der Waals surface area contributed by atoms with Crippen molar-refractivity contribution in [3.63, 3.8) is 0 Å². The minimum absolute atomic E-state index is 0.153. The van der Waals surface area contributed by atoms with Crippen LogP contribution in [0, 0.1) is 0 Å². The Hall–Kier alpha value is -3.42. The first-order valence-corrected chi connectivity index (χ1v) is 9.53. The molecule has 0 heterocycles. The van der Waals surface area contributed by atoms with Gasteiger partial charge >= 0.3 is 11.9 Å². The molecular weight excluding hydrogens is 392 g/mol. The van der Waals surface area contributed by atoms with Gasteiger partial charge in [-0.3, -0.25) is 0 Å². The van der Waals surface area contributed by atoms with Crippen molar-refractivity contribution in [1.82, 2.24) is 0 Å². The Labute approximate surface area is 175 Å². The third-order valence-electron chi connectivity index (χ3n) is 3.93. The first kappa shape index (κ1) is 22.9. The Morgan fingerprint density at radius 1 is 0.700 bits per heavy atom. The number of benzene rings is 2. The Kier molecular flexibility index (Phi) is 8.34.